The third kappa shape index (κ3) is 2.90. The maximum Gasteiger partial charge on any atom is 0.471 e. The van der Waals surface area contributed by atoms with Crippen LogP contribution in [-0.4, -0.2) is 18.6 Å². The summed E-state index contributed by atoms with van der Waals surface area (Å²) in [5.41, 5.74) is 0.173. The molecule has 2 N–H and O–H groups in total. The molecule has 0 aliphatic carbocycles. The lowest BCUT2D eigenvalue weighted by Crippen LogP contribution is -2.11. The van der Waals surface area contributed by atoms with Crippen LogP contribution in [0.5, 0.6) is 0 Å². The van der Waals surface area contributed by atoms with E-state index in [-0.39, 0.29) is 16.3 Å². The van der Waals surface area contributed by atoms with E-state index in [0.717, 1.165) is 12.1 Å². The van der Waals surface area contributed by atoms with Crippen LogP contribution in [-0.2, 0) is 16.2 Å². The summed E-state index contributed by atoms with van der Waals surface area (Å²) in [6.45, 7) is 0. The van der Waals surface area contributed by atoms with E-state index < -0.39 is 22.1 Å². The smallest absolute Gasteiger partial charge is 0.329 e. The summed E-state index contributed by atoms with van der Waals surface area (Å²) in [5.74, 6) is -1.77. The van der Waals surface area contributed by atoms with E-state index in [1.165, 1.54) is 12.1 Å². The molecule has 0 atom stereocenters. The highest BCUT2D eigenvalue weighted by molar-refractivity contribution is 7.89. The van der Waals surface area contributed by atoms with E-state index in [0.29, 0.717) is 0 Å². The van der Waals surface area contributed by atoms with Gasteiger partial charge in [-0.05, 0) is 24.3 Å². The van der Waals surface area contributed by atoms with Crippen LogP contribution in [0, 0.1) is 0 Å². The fourth-order valence-corrected chi connectivity index (χ4v) is 1.76. The van der Waals surface area contributed by atoms with E-state index in [2.05, 4.69) is 14.7 Å². The normalized spacial score (nSPS) is 12.6. The van der Waals surface area contributed by atoms with Crippen molar-refractivity contribution in [3.05, 3.63) is 30.2 Å². The third-order valence-electron chi connectivity index (χ3n) is 2.11. The van der Waals surface area contributed by atoms with Crippen molar-refractivity contribution in [2.45, 2.75) is 11.1 Å². The van der Waals surface area contributed by atoms with E-state index in [1.807, 2.05) is 0 Å². The minimum atomic E-state index is -4.73. The van der Waals surface area contributed by atoms with Crippen molar-refractivity contribution in [2.24, 2.45) is 5.14 Å². The van der Waals surface area contributed by atoms with Crippen LogP contribution in [0.4, 0.5) is 13.2 Å². The van der Waals surface area contributed by atoms with Gasteiger partial charge in [0.05, 0.1) is 4.90 Å². The molecule has 0 bridgehead atoms. The summed E-state index contributed by atoms with van der Waals surface area (Å²) in [4.78, 5) is 2.99. The lowest BCUT2D eigenvalue weighted by molar-refractivity contribution is -0.159. The Bertz CT molecular complexity index is 691. The zero-order valence-corrected chi connectivity index (χ0v) is 9.86. The molecule has 1 heterocycles. The van der Waals surface area contributed by atoms with Gasteiger partial charge in [-0.15, -0.1) is 0 Å². The predicted octanol–water partition coefficient (Wildman–Crippen LogP) is 1.40. The molecule has 2 rings (SSSR count). The quantitative estimate of drug-likeness (QED) is 0.902. The Hall–Kier alpha value is -1.94. The number of sulfonamides is 1. The predicted molar refractivity (Wildman–Crippen MR) is 56.1 cm³/mol. The van der Waals surface area contributed by atoms with Crippen LogP contribution >= 0.6 is 0 Å². The van der Waals surface area contributed by atoms with Gasteiger partial charge in [-0.1, -0.05) is 5.16 Å². The Morgan fingerprint density at radius 2 is 1.74 bits per heavy atom. The minimum Gasteiger partial charge on any atom is -0.329 e. The second-order valence-electron chi connectivity index (χ2n) is 3.49. The molecule has 0 saturated heterocycles. The van der Waals surface area contributed by atoms with Crippen LogP contribution in [0.1, 0.15) is 5.89 Å². The zero-order chi connectivity index (χ0) is 14.3. The van der Waals surface area contributed by atoms with Gasteiger partial charge in [0.2, 0.25) is 15.8 Å². The number of benzene rings is 1. The summed E-state index contributed by atoms with van der Waals surface area (Å²) >= 11 is 0. The van der Waals surface area contributed by atoms with Crippen LogP contribution in [0.25, 0.3) is 11.4 Å². The minimum absolute atomic E-state index is 0.171. The standard InChI is InChI=1S/C9H6F3N3O3S/c10-9(11,12)8-14-7(15-18-8)5-1-3-6(4-2-5)19(13,16)17/h1-4H,(H2,13,16,17). The molecule has 6 nitrogen and oxygen atoms in total. The van der Waals surface area contributed by atoms with Crippen molar-refractivity contribution in [3.63, 3.8) is 0 Å². The van der Waals surface area contributed by atoms with Crippen LogP contribution in [0.15, 0.2) is 33.7 Å². The highest BCUT2D eigenvalue weighted by Gasteiger charge is 2.38. The SMILES string of the molecule is NS(=O)(=O)c1ccc(-c2noc(C(F)(F)F)n2)cc1. The van der Waals surface area contributed by atoms with Gasteiger partial charge >= 0.3 is 12.1 Å². The monoisotopic (exact) mass is 293 g/mol. The fourth-order valence-electron chi connectivity index (χ4n) is 1.25. The summed E-state index contributed by atoms with van der Waals surface area (Å²) in [5, 5.41) is 8.04. The molecule has 19 heavy (non-hydrogen) atoms. The number of nitrogens with two attached hydrogens (primary N) is 1. The van der Waals surface area contributed by atoms with Gasteiger partial charge in [0.25, 0.3) is 0 Å². The zero-order valence-electron chi connectivity index (χ0n) is 9.05. The Morgan fingerprint density at radius 1 is 1.16 bits per heavy atom. The number of hydrogen-bond donors (Lipinski definition) is 1. The molecular weight excluding hydrogens is 287 g/mol. The second kappa shape index (κ2) is 4.31. The second-order valence-corrected chi connectivity index (χ2v) is 5.05. The lowest BCUT2D eigenvalue weighted by Gasteiger charge is -1.98. The Balaban J connectivity index is 2.36. The molecule has 1 aromatic heterocycles. The summed E-state index contributed by atoms with van der Waals surface area (Å²) in [6, 6.07) is 4.72. The molecule has 0 unspecified atom stereocenters. The van der Waals surface area contributed by atoms with Crippen molar-refractivity contribution >= 4 is 10.0 Å². The summed E-state index contributed by atoms with van der Waals surface area (Å²) in [6.07, 6.45) is -4.73. The van der Waals surface area contributed by atoms with Gasteiger partial charge in [-0.25, -0.2) is 13.6 Å². The van der Waals surface area contributed by atoms with Crippen molar-refractivity contribution < 1.29 is 26.1 Å². The molecular formula is C9H6F3N3O3S. The fraction of sp³-hybridized carbons (Fsp3) is 0.111. The number of halogens is 3. The van der Waals surface area contributed by atoms with Gasteiger partial charge in [-0.2, -0.15) is 18.2 Å². The number of alkyl halides is 3. The molecule has 0 saturated carbocycles. The third-order valence-corrected chi connectivity index (χ3v) is 3.04. The van der Waals surface area contributed by atoms with Gasteiger partial charge in [0, 0.05) is 5.56 Å². The van der Waals surface area contributed by atoms with Crippen LogP contribution in [0.2, 0.25) is 0 Å². The van der Waals surface area contributed by atoms with E-state index >= 15 is 0 Å². The largest absolute Gasteiger partial charge is 0.471 e. The van der Waals surface area contributed by atoms with Crippen molar-refractivity contribution in [1.82, 2.24) is 10.1 Å². The maximum absolute atomic E-state index is 12.2. The van der Waals surface area contributed by atoms with Crippen LogP contribution < -0.4 is 5.14 Å². The van der Waals surface area contributed by atoms with Gasteiger partial charge < -0.3 is 4.52 Å². The Labute approximate surface area is 105 Å². The van der Waals surface area contributed by atoms with Gasteiger partial charge in [0.1, 0.15) is 0 Å². The molecule has 0 aliphatic rings. The van der Waals surface area contributed by atoms with Crippen LogP contribution in [0.3, 0.4) is 0 Å². The number of aromatic nitrogens is 2. The average Bonchev–Trinajstić information content (AvgIpc) is 2.77. The molecule has 0 fully saturated rings. The summed E-state index contributed by atoms with van der Waals surface area (Å²) < 4.78 is 62.8. The molecule has 10 heteroatoms. The Kier molecular flexibility index (Phi) is 3.06. The van der Waals surface area contributed by atoms with E-state index in [1.54, 1.807) is 0 Å². The van der Waals surface area contributed by atoms with Crippen molar-refractivity contribution in [2.75, 3.05) is 0 Å². The molecule has 102 valence electrons. The molecule has 0 aliphatic heterocycles. The summed E-state index contributed by atoms with van der Waals surface area (Å²) in [7, 11) is -3.86. The maximum atomic E-state index is 12.2. The highest BCUT2D eigenvalue weighted by atomic mass is 32.2. The molecule has 0 spiro atoms. The van der Waals surface area contributed by atoms with Crippen molar-refractivity contribution in [3.8, 4) is 11.4 Å². The van der Waals surface area contributed by atoms with E-state index in [4.69, 9.17) is 5.14 Å². The first kappa shape index (κ1) is 13.5. The van der Waals surface area contributed by atoms with E-state index in [9.17, 15) is 21.6 Å². The highest BCUT2D eigenvalue weighted by Crippen LogP contribution is 2.29. The molecule has 1 aromatic carbocycles. The first-order chi connectivity index (χ1) is 8.68. The number of nitrogens with zero attached hydrogens (tertiary/aromatic N) is 2. The first-order valence-electron chi connectivity index (χ1n) is 4.72. The van der Waals surface area contributed by atoms with Gasteiger partial charge in [-0.3, -0.25) is 0 Å². The molecule has 0 amide bonds. The number of hydrogen-bond acceptors (Lipinski definition) is 5. The molecule has 2 aromatic rings. The Morgan fingerprint density at radius 3 is 2.16 bits per heavy atom. The lowest BCUT2D eigenvalue weighted by atomic mass is 10.2. The number of primary sulfonamides is 1. The first-order valence-corrected chi connectivity index (χ1v) is 6.27. The average molecular weight is 293 g/mol. The van der Waals surface area contributed by atoms with Gasteiger partial charge in [0.15, 0.2) is 0 Å². The topological polar surface area (TPSA) is 99.1 Å². The van der Waals surface area contributed by atoms with Crippen molar-refractivity contribution in [1.29, 1.82) is 0 Å². The number of rotatable bonds is 2. The molecule has 0 radical (unpaired) electrons.